The molecule has 0 saturated carbocycles. The van der Waals surface area contributed by atoms with Crippen molar-refractivity contribution in [2.24, 2.45) is 0 Å². The summed E-state index contributed by atoms with van der Waals surface area (Å²) in [6.45, 7) is 2.70. The lowest BCUT2D eigenvalue weighted by Gasteiger charge is -2.20. The number of rotatable bonds is 4. The minimum atomic E-state index is 0.716. The number of anilines is 1. The highest BCUT2D eigenvalue weighted by Crippen LogP contribution is 2.21. The van der Waals surface area contributed by atoms with Crippen LogP contribution in [0.25, 0.3) is 0 Å². The minimum Gasteiger partial charge on any atom is -0.368 e. The van der Waals surface area contributed by atoms with Crippen LogP contribution in [0.15, 0.2) is 29.1 Å². The summed E-state index contributed by atoms with van der Waals surface area (Å²) in [5, 5.41) is 2.02. The van der Waals surface area contributed by atoms with Gasteiger partial charge in [-0.05, 0) is 19.1 Å². The van der Waals surface area contributed by atoms with E-state index in [1.54, 1.807) is 11.3 Å². The third kappa shape index (κ3) is 2.71. The van der Waals surface area contributed by atoms with Crippen LogP contribution < -0.4 is 4.90 Å². The van der Waals surface area contributed by atoms with Crippen LogP contribution in [0.4, 0.5) is 5.69 Å². The van der Waals surface area contributed by atoms with Crippen molar-refractivity contribution in [3.05, 3.63) is 45.9 Å². The fraction of sp³-hybridized carbons (Fsp3) is 0.231. The number of thiazole rings is 1. The van der Waals surface area contributed by atoms with E-state index in [4.69, 9.17) is 0 Å². The number of carbonyl (C=O) groups is 1. The number of nitrogens with zero attached hydrogens (tertiary/aromatic N) is 2. The molecule has 0 aliphatic heterocycles. The molecule has 0 fully saturated rings. The topological polar surface area (TPSA) is 33.2 Å². The quantitative estimate of drug-likeness (QED) is 0.778. The highest BCUT2D eigenvalue weighted by molar-refractivity contribution is 7.07. The van der Waals surface area contributed by atoms with Crippen molar-refractivity contribution < 1.29 is 4.79 Å². The van der Waals surface area contributed by atoms with E-state index in [0.29, 0.717) is 6.54 Å². The van der Waals surface area contributed by atoms with Crippen LogP contribution in [0.5, 0.6) is 0 Å². The Morgan fingerprint density at radius 3 is 2.94 bits per heavy atom. The second kappa shape index (κ2) is 5.10. The first-order chi connectivity index (χ1) is 8.20. The summed E-state index contributed by atoms with van der Waals surface area (Å²) in [5.74, 6) is 0. The van der Waals surface area contributed by atoms with Crippen molar-refractivity contribution in [3.8, 4) is 0 Å². The van der Waals surface area contributed by atoms with Gasteiger partial charge in [0, 0.05) is 23.7 Å². The Balaban J connectivity index is 2.24. The summed E-state index contributed by atoms with van der Waals surface area (Å²) in [7, 11) is 1.97. The number of benzene rings is 1. The molecular formula is C13H14N2OS. The number of aldehydes is 1. The first kappa shape index (κ1) is 11.8. The molecule has 0 N–H and O–H groups in total. The lowest BCUT2D eigenvalue weighted by Crippen LogP contribution is -2.18. The SMILES string of the molecule is Cc1ccc(N(C)Cc2cscn2)c(C=O)c1. The maximum absolute atomic E-state index is 11.0. The standard InChI is InChI=1S/C13H14N2OS/c1-10-3-4-13(11(5-10)7-16)15(2)6-12-8-17-9-14-12/h3-5,7-9H,6H2,1-2H3. The van der Waals surface area contributed by atoms with E-state index in [9.17, 15) is 4.79 Å². The Morgan fingerprint density at radius 2 is 2.29 bits per heavy atom. The molecule has 4 heteroatoms. The maximum atomic E-state index is 11.0. The normalized spacial score (nSPS) is 10.2. The van der Waals surface area contributed by atoms with Crippen LogP contribution in [0.2, 0.25) is 0 Å². The smallest absolute Gasteiger partial charge is 0.152 e. The van der Waals surface area contributed by atoms with Gasteiger partial charge in [-0.2, -0.15) is 0 Å². The Hall–Kier alpha value is -1.68. The lowest BCUT2D eigenvalue weighted by atomic mass is 10.1. The predicted octanol–water partition coefficient (Wildman–Crippen LogP) is 2.90. The van der Waals surface area contributed by atoms with Crippen LogP contribution in [0.3, 0.4) is 0 Å². The van der Waals surface area contributed by atoms with E-state index in [1.807, 2.05) is 48.0 Å². The molecule has 17 heavy (non-hydrogen) atoms. The second-order valence-corrected chi connectivity index (χ2v) is 4.73. The summed E-state index contributed by atoms with van der Waals surface area (Å²) < 4.78 is 0. The van der Waals surface area contributed by atoms with Crippen molar-refractivity contribution in [1.29, 1.82) is 0 Å². The summed E-state index contributed by atoms with van der Waals surface area (Å²) in [4.78, 5) is 17.3. The van der Waals surface area contributed by atoms with Gasteiger partial charge in [0.15, 0.2) is 6.29 Å². The Labute approximate surface area is 105 Å². The Kier molecular flexibility index (Phi) is 3.54. The van der Waals surface area contributed by atoms with Gasteiger partial charge in [-0.25, -0.2) is 4.98 Å². The van der Waals surface area contributed by atoms with Crippen molar-refractivity contribution >= 4 is 23.3 Å². The second-order valence-electron chi connectivity index (χ2n) is 4.02. The molecular weight excluding hydrogens is 232 g/mol. The van der Waals surface area contributed by atoms with Gasteiger partial charge in [0.1, 0.15) is 0 Å². The summed E-state index contributed by atoms with van der Waals surface area (Å²) in [6, 6.07) is 5.89. The molecule has 0 saturated heterocycles. The van der Waals surface area contributed by atoms with E-state index >= 15 is 0 Å². The first-order valence-electron chi connectivity index (χ1n) is 5.34. The number of hydrogen-bond acceptors (Lipinski definition) is 4. The molecule has 1 aromatic heterocycles. The van der Waals surface area contributed by atoms with Gasteiger partial charge in [0.25, 0.3) is 0 Å². The largest absolute Gasteiger partial charge is 0.368 e. The van der Waals surface area contributed by atoms with Gasteiger partial charge in [0.2, 0.25) is 0 Å². The van der Waals surface area contributed by atoms with Crippen molar-refractivity contribution in [2.75, 3.05) is 11.9 Å². The molecule has 2 aromatic rings. The fourth-order valence-electron chi connectivity index (χ4n) is 1.76. The van der Waals surface area contributed by atoms with E-state index in [0.717, 1.165) is 28.8 Å². The Bertz CT molecular complexity index is 508. The van der Waals surface area contributed by atoms with E-state index < -0.39 is 0 Å². The molecule has 1 heterocycles. The van der Waals surface area contributed by atoms with Gasteiger partial charge in [-0.3, -0.25) is 4.79 Å². The van der Waals surface area contributed by atoms with Gasteiger partial charge in [-0.15, -0.1) is 11.3 Å². The zero-order valence-corrected chi connectivity index (χ0v) is 10.7. The maximum Gasteiger partial charge on any atom is 0.152 e. The molecule has 0 bridgehead atoms. The summed E-state index contributed by atoms with van der Waals surface area (Å²) in [5.41, 5.74) is 5.60. The minimum absolute atomic E-state index is 0.716. The third-order valence-electron chi connectivity index (χ3n) is 2.60. The number of hydrogen-bond donors (Lipinski definition) is 0. The van der Waals surface area contributed by atoms with Crippen molar-refractivity contribution in [3.63, 3.8) is 0 Å². The van der Waals surface area contributed by atoms with E-state index in [-0.39, 0.29) is 0 Å². The van der Waals surface area contributed by atoms with Crippen LogP contribution >= 0.6 is 11.3 Å². The molecule has 1 aromatic carbocycles. The van der Waals surface area contributed by atoms with E-state index in [1.165, 1.54) is 0 Å². The monoisotopic (exact) mass is 246 g/mol. The van der Waals surface area contributed by atoms with Crippen LogP contribution in [-0.2, 0) is 6.54 Å². The van der Waals surface area contributed by atoms with Crippen molar-refractivity contribution in [1.82, 2.24) is 4.98 Å². The highest BCUT2D eigenvalue weighted by atomic mass is 32.1. The summed E-state index contributed by atoms with van der Waals surface area (Å²) in [6.07, 6.45) is 0.903. The molecule has 0 amide bonds. The molecule has 0 spiro atoms. The van der Waals surface area contributed by atoms with Gasteiger partial charge in [-0.1, -0.05) is 11.6 Å². The summed E-state index contributed by atoms with van der Waals surface area (Å²) >= 11 is 1.58. The fourth-order valence-corrected chi connectivity index (χ4v) is 2.31. The van der Waals surface area contributed by atoms with Gasteiger partial charge in [0.05, 0.1) is 17.7 Å². The zero-order valence-electron chi connectivity index (χ0n) is 9.88. The molecule has 0 radical (unpaired) electrons. The Morgan fingerprint density at radius 1 is 1.47 bits per heavy atom. The molecule has 0 aliphatic carbocycles. The third-order valence-corrected chi connectivity index (χ3v) is 3.24. The first-order valence-corrected chi connectivity index (χ1v) is 6.29. The van der Waals surface area contributed by atoms with Crippen LogP contribution in [0, 0.1) is 6.92 Å². The molecule has 0 aliphatic rings. The molecule has 3 nitrogen and oxygen atoms in total. The average molecular weight is 246 g/mol. The molecule has 2 rings (SSSR count). The highest BCUT2D eigenvalue weighted by Gasteiger charge is 2.08. The number of aryl methyl sites for hydroxylation is 1. The molecule has 88 valence electrons. The number of aromatic nitrogens is 1. The molecule has 0 atom stereocenters. The van der Waals surface area contributed by atoms with E-state index in [2.05, 4.69) is 4.98 Å². The average Bonchev–Trinajstić information content (AvgIpc) is 2.81. The lowest BCUT2D eigenvalue weighted by molar-refractivity contribution is 0.112. The van der Waals surface area contributed by atoms with Gasteiger partial charge < -0.3 is 4.90 Å². The van der Waals surface area contributed by atoms with Crippen LogP contribution in [0.1, 0.15) is 21.6 Å². The zero-order chi connectivity index (χ0) is 12.3. The van der Waals surface area contributed by atoms with Crippen LogP contribution in [-0.4, -0.2) is 18.3 Å². The predicted molar refractivity (Wildman–Crippen MR) is 70.8 cm³/mol. The van der Waals surface area contributed by atoms with Gasteiger partial charge >= 0.3 is 0 Å². The number of carbonyl (C=O) groups excluding carboxylic acids is 1. The molecule has 0 unspecified atom stereocenters. The van der Waals surface area contributed by atoms with Crippen molar-refractivity contribution in [2.45, 2.75) is 13.5 Å².